The van der Waals surface area contributed by atoms with E-state index in [9.17, 15) is 9.59 Å². The summed E-state index contributed by atoms with van der Waals surface area (Å²) in [7, 11) is 0. The highest BCUT2D eigenvalue weighted by molar-refractivity contribution is 5.98. The number of carbonyl (C=O) groups excluding carboxylic acids is 2. The third kappa shape index (κ3) is 4.89. The summed E-state index contributed by atoms with van der Waals surface area (Å²) in [6, 6.07) is 14.6. The lowest BCUT2D eigenvalue weighted by Crippen LogP contribution is -2.40. The van der Waals surface area contributed by atoms with Crippen LogP contribution in [0.1, 0.15) is 29.3 Å². The van der Waals surface area contributed by atoms with Crippen molar-refractivity contribution >= 4 is 17.5 Å². The molecule has 148 valence electrons. The number of ether oxygens (including phenoxy) is 2. The highest BCUT2D eigenvalue weighted by Crippen LogP contribution is 2.20. The number of nitrogens with zero attached hydrogens (tertiary/aromatic N) is 1. The predicted molar refractivity (Wildman–Crippen MR) is 108 cm³/mol. The molecular formula is C22H26N2O4. The second-order valence-corrected chi connectivity index (χ2v) is 6.75. The van der Waals surface area contributed by atoms with Crippen LogP contribution in [0, 0.1) is 6.92 Å². The number of morpholine rings is 1. The number of hydrogen-bond donors (Lipinski definition) is 1. The predicted octanol–water partition coefficient (Wildman–Crippen LogP) is 3.26. The van der Waals surface area contributed by atoms with Gasteiger partial charge in [-0.05, 0) is 43.2 Å². The summed E-state index contributed by atoms with van der Waals surface area (Å²) < 4.78 is 11.2. The molecule has 2 aromatic carbocycles. The number of aryl methyl sites for hydroxylation is 1. The first kappa shape index (κ1) is 19.9. The summed E-state index contributed by atoms with van der Waals surface area (Å²) in [5.74, 6) is 0.407. The van der Waals surface area contributed by atoms with Crippen molar-refractivity contribution in [2.75, 3.05) is 31.6 Å². The lowest BCUT2D eigenvalue weighted by molar-refractivity contribution is -0.122. The second kappa shape index (κ2) is 9.37. The standard InChI is InChI=1S/C22H26N2O4/c1-3-19(28-20-10-5-4-7-16(20)2)21(25)23-18-9-6-8-17(15-18)22(26)24-11-13-27-14-12-24/h4-10,15,19H,3,11-14H2,1-2H3,(H,23,25)/t19-/m0/s1. The molecule has 0 aromatic heterocycles. The first-order valence-corrected chi connectivity index (χ1v) is 9.58. The van der Waals surface area contributed by atoms with Crippen LogP contribution in [0.15, 0.2) is 48.5 Å². The molecular weight excluding hydrogens is 356 g/mol. The minimum Gasteiger partial charge on any atom is -0.480 e. The largest absolute Gasteiger partial charge is 0.480 e. The summed E-state index contributed by atoms with van der Waals surface area (Å²) in [5, 5.41) is 2.87. The van der Waals surface area contributed by atoms with Crippen molar-refractivity contribution in [3.8, 4) is 5.75 Å². The number of carbonyl (C=O) groups is 2. The molecule has 28 heavy (non-hydrogen) atoms. The van der Waals surface area contributed by atoms with Crippen LogP contribution < -0.4 is 10.1 Å². The first-order valence-electron chi connectivity index (χ1n) is 9.58. The van der Waals surface area contributed by atoms with Gasteiger partial charge in [-0.25, -0.2) is 0 Å². The van der Waals surface area contributed by atoms with Gasteiger partial charge in [0.25, 0.3) is 11.8 Å². The molecule has 1 fully saturated rings. The van der Waals surface area contributed by atoms with Crippen LogP contribution in [-0.2, 0) is 9.53 Å². The summed E-state index contributed by atoms with van der Waals surface area (Å²) >= 11 is 0. The minimum absolute atomic E-state index is 0.0531. The topological polar surface area (TPSA) is 67.9 Å². The first-order chi connectivity index (χ1) is 13.6. The molecule has 1 heterocycles. The fourth-order valence-electron chi connectivity index (χ4n) is 3.07. The number of amides is 2. The molecule has 0 unspecified atom stereocenters. The molecule has 1 saturated heterocycles. The van der Waals surface area contributed by atoms with Gasteiger partial charge in [0.15, 0.2) is 6.10 Å². The van der Waals surface area contributed by atoms with E-state index in [1.165, 1.54) is 0 Å². The van der Waals surface area contributed by atoms with E-state index < -0.39 is 6.10 Å². The zero-order valence-electron chi connectivity index (χ0n) is 16.3. The molecule has 1 atom stereocenters. The van der Waals surface area contributed by atoms with E-state index in [0.29, 0.717) is 49.7 Å². The summed E-state index contributed by atoms with van der Waals surface area (Å²) in [4.78, 5) is 27.1. The highest BCUT2D eigenvalue weighted by atomic mass is 16.5. The maximum absolute atomic E-state index is 12.7. The van der Waals surface area contributed by atoms with E-state index in [1.807, 2.05) is 38.1 Å². The van der Waals surface area contributed by atoms with Gasteiger partial charge in [0, 0.05) is 24.3 Å². The number of para-hydroxylation sites is 1. The van der Waals surface area contributed by atoms with Gasteiger partial charge in [-0.2, -0.15) is 0 Å². The number of benzene rings is 2. The van der Waals surface area contributed by atoms with Crippen molar-refractivity contribution in [2.24, 2.45) is 0 Å². The van der Waals surface area contributed by atoms with E-state index in [0.717, 1.165) is 5.56 Å². The van der Waals surface area contributed by atoms with Crippen LogP contribution >= 0.6 is 0 Å². The molecule has 0 aliphatic carbocycles. The molecule has 1 aliphatic rings. The molecule has 0 radical (unpaired) electrons. The van der Waals surface area contributed by atoms with E-state index in [4.69, 9.17) is 9.47 Å². The normalized spacial score (nSPS) is 15.0. The van der Waals surface area contributed by atoms with Gasteiger partial charge < -0.3 is 19.7 Å². The van der Waals surface area contributed by atoms with Gasteiger partial charge in [0.1, 0.15) is 5.75 Å². The zero-order valence-corrected chi connectivity index (χ0v) is 16.3. The summed E-state index contributed by atoms with van der Waals surface area (Å²) in [6.07, 6.45) is -0.0771. The van der Waals surface area contributed by atoms with E-state index in [1.54, 1.807) is 29.2 Å². The Morgan fingerprint density at radius 1 is 1.14 bits per heavy atom. The van der Waals surface area contributed by atoms with Crippen LogP contribution in [0.5, 0.6) is 5.75 Å². The maximum atomic E-state index is 12.7. The van der Waals surface area contributed by atoms with Gasteiger partial charge in [0.2, 0.25) is 0 Å². The Morgan fingerprint density at radius 3 is 2.61 bits per heavy atom. The Kier molecular flexibility index (Phi) is 6.66. The molecule has 2 amide bonds. The lowest BCUT2D eigenvalue weighted by atomic mass is 10.1. The third-order valence-corrected chi connectivity index (χ3v) is 4.70. The Hall–Kier alpha value is -2.86. The van der Waals surface area contributed by atoms with E-state index in [-0.39, 0.29) is 11.8 Å². The lowest BCUT2D eigenvalue weighted by Gasteiger charge is -2.27. The third-order valence-electron chi connectivity index (χ3n) is 4.70. The van der Waals surface area contributed by atoms with Crippen molar-refractivity contribution in [3.63, 3.8) is 0 Å². The van der Waals surface area contributed by atoms with Gasteiger partial charge in [-0.15, -0.1) is 0 Å². The fraction of sp³-hybridized carbons (Fsp3) is 0.364. The molecule has 3 rings (SSSR count). The zero-order chi connectivity index (χ0) is 19.9. The van der Waals surface area contributed by atoms with Crippen LogP contribution in [0.25, 0.3) is 0 Å². The summed E-state index contributed by atoms with van der Waals surface area (Å²) in [6.45, 7) is 6.12. The number of nitrogens with one attached hydrogen (secondary N) is 1. The SMILES string of the molecule is CC[C@H](Oc1ccccc1C)C(=O)Nc1cccc(C(=O)N2CCOCC2)c1. The number of rotatable bonds is 6. The molecule has 6 heteroatoms. The Labute approximate surface area is 165 Å². The Morgan fingerprint density at radius 2 is 1.89 bits per heavy atom. The van der Waals surface area contributed by atoms with Crippen molar-refractivity contribution < 1.29 is 19.1 Å². The molecule has 0 bridgehead atoms. The van der Waals surface area contributed by atoms with Gasteiger partial charge >= 0.3 is 0 Å². The van der Waals surface area contributed by atoms with Gasteiger partial charge in [0.05, 0.1) is 13.2 Å². The van der Waals surface area contributed by atoms with Crippen molar-refractivity contribution in [2.45, 2.75) is 26.4 Å². The molecule has 1 N–H and O–H groups in total. The quantitative estimate of drug-likeness (QED) is 0.833. The van der Waals surface area contributed by atoms with Crippen molar-refractivity contribution in [1.82, 2.24) is 4.90 Å². The molecule has 6 nitrogen and oxygen atoms in total. The average molecular weight is 382 g/mol. The minimum atomic E-state index is -0.611. The molecule has 1 aliphatic heterocycles. The fourth-order valence-corrected chi connectivity index (χ4v) is 3.07. The Balaban J connectivity index is 1.67. The summed E-state index contributed by atoms with van der Waals surface area (Å²) in [5.41, 5.74) is 2.11. The molecule has 0 spiro atoms. The average Bonchev–Trinajstić information content (AvgIpc) is 2.73. The number of anilines is 1. The van der Waals surface area contributed by atoms with Gasteiger partial charge in [-0.3, -0.25) is 9.59 Å². The molecule has 2 aromatic rings. The van der Waals surface area contributed by atoms with Crippen LogP contribution in [0.4, 0.5) is 5.69 Å². The maximum Gasteiger partial charge on any atom is 0.265 e. The van der Waals surface area contributed by atoms with Crippen LogP contribution in [0.2, 0.25) is 0 Å². The van der Waals surface area contributed by atoms with Crippen molar-refractivity contribution in [3.05, 3.63) is 59.7 Å². The van der Waals surface area contributed by atoms with E-state index in [2.05, 4.69) is 5.32 Å². The van der Waals surface area contributed by atoms with Crippen LogP contribution in [-0.4, -0.2) is 49.1 Å². The van der Waals surface area contributed by atoms with Crippen molar-refractivity contribution in [1.29, 1.82) is 0 Å². The molecule has 0 saturated carbocycles. The highest BCUT2D eigenvalue weighted by Gasteiger charge is 2.21. The Bertz CT molecular complexity index is 831. The van der Waals surface area contributed by atoms with Gasteiger partial charge in [-0.1, -0.05) is 31.2 Å². The van der Waals surface area contributed by atoms with E-state index >= 15 is 0 Å². The smallest absolute Gasteiger partial charge is 0.265 e. The number of hydrogen-bond acceptors (Lipinski definition) is 4. The second-order valence-electron chi connectivity index (χ2n) is 6.75. The van der Waals surface area contributed by atoms with Crippen LogP contribution in [0.3, 0.4) is 0 Å². The monoisotopic (exact) mass is 382 g/mol.